The van der Waals surface area contributed by atoms with Crippen LogP contribution in [-0.2, 0) is 24.2 Å². The molecule has 0 spiro atoms. The molecule has 5 heteroatoms. The van der Waals surface area contributed by atoms with Gasteiger partial charge in [0.25, 0.3) is 0 Å². The van der Waals surface area contributed by atoms with Crippen LogP contribution in [0.25, 0.3) is 0 Å². The molecule has 1 aromatic rings. The van der Waals surface area contributed by atoms with Crippen molar-refractivity contribution in [1.82, 2.24) is 0 Å². The maximum Gasteiger partial charge on any atom is 0.339 e. The Balaban J connectivity index is 3.49. The zero-order chi connectivity index (χ0) is 23.8. The Morgan fingerprint density at radius 2 is 1.16 bits per heavy atom. The summed E-state index contributed by atoms with van der Waals surface area (Å²) in [5.41, 5.74) is 2.81. The number of benzene rings is 1. The summed E-state index contributed by atoms with van der Waals surface area (Å²) in [6.45, 7) is 8.67. The molecule has 2 N–H and O–H groups in total. The van der Waals surface area contributed by atoms with Crippen molar-refractivity contribution in [3.63, 3.8) is 0 Å². The molecule has 1 aromatic carbocycles. The molecule has 0 saturated carbocycles. The fourth-order valence-electron chi connectivity index (χ4n) is 4.34. The SMILES string of the molecule is CCCCCCc1c(CCCCCC)c(OOCC)c(O)c(C(=O)O)c1CCCCCC. The van der Waals surface area contributed by atoms with E-state index in [9.17, 15) is 15.0 Å². The molecule has 1 rings (SSSR count). The van der Waals surface area contributed by atoms with Crippen LogP contribution < -0.4 is 4.89 Å². The van der Waals surface area contributed by atoms with E-state index in [1.54, 1.807) is 0 Å². The van der Waals surface area contributed by atoms with Crippen LogP contribution in [0.4, 0.5) is 0 Å². The normalized spacial score (nSPS) is 11.1. The zero-order valence-electron chi connectivity index (χ0n) is 20.9. The number of aromatic carboxylic acids is 1. The van der Waals surface area contributed by atoms with E-state index in [1.807, 2.05) is 6.92 Å². The molecule has 0 aliphatic carbocycles. The molecule has 0 fully saturated rings. The minimum Gasteiger partial charge on any atom is -0.504 e. The molecular formula is C27H46O5. The molecular weight excluding hydrogens is 404 g/mol. The molecule has 32 heavy (non-hydrogen) atoms. The first-order valence-electron chi connectivity index (χ1n) is 12.9. The van der Waals surface area contributed by atoms with E-state index < -0.39 is 5.97 Å². The van der Waals surface area contributed by atoms with Crippen molar-refractivity contribution in [3.05, 3.63) is 22.3 Å². The van der Waals surface area contributed by atoms with E-state index in [1.165, 1.54) is 6.42 Å². The maximum atomic E-state index is 12.2. The third-order valence-electron chi connectivity index (χ3n) is 6.07. The highest BCUT2D eigenvalue weighted by atomic mass is 17.2. The number of phenols is 1. The van der Waals surface area contributed by atoms with Crippen molar-refractivity contribution < 1.29 is 24.8 Å². The van der Waals surface area contributed by atoms with Gasteiger partial charge in [-0.3, -0.25) is 0 Å². The molecule has 0 unspecified atom stereocenters. The van der Waals surface area contributed by atoms with Gasteiger partial charge in [0.1, 0.15) is 5.56 Å². The molecule has 0 aliphatic heterocycles. The van der Waals surface area contributed by atoms with Gasteiger partial charge in [-0.2, -0.15) is 4.89 Å². The van der Waals surface area contributed by atoms with E-state index >= 15 is 0 Å². The van der Waals surface area contributed by atoms with Gasteiger partial charge in [-0.1, -0.05) is 78.6 Å². The van der Waals surface area contributed by atoms with Gasteiger partial charge in [0.2, 0.25) is 5.75 Å². The van der Waals surface area contributed by atoms with Crippen LogP contribution in [0.1, 0.15) is 132 Å². The number of carbonyl (C=O) groups is 1. The minimum absolute atomic E-state index is 0.000925. The zero-order valence-corrected chi connectivity index (χ0v) is 20.9. The van der Waals surface area contributed by atoms with Gasteiger partial charge in [0.05, 0.1) is 6.61 Å². The Bertz CT molecular complexity index is 669. The Labute approximate surface area is 195 Å². The van der Waals surface area contributed by atoms with Gasteiger partial charge in [-0.25, -0.2) is 4.79 Å². The van der Waals surface area contributed by atoms with E-state index in [2.05, 4.69) is 20.8 Å². The third kappa shape index (κ3) is 9.01. The van der Waals surface area contributed by atoms with Crippen molar-refractivity contribution in [2.24, 2.45) is 0 Å². The topological polar surface area (TPSA) is 76.0 Å². The lowest BCUT2D eigenvalue weighted by Crippen LogP contribution is -2.13. The van der Waals surface area contributed by atoms with Gasteiger partial charge in [-0.15, -0.1) is 0 Å². The fourth-order valence-corrected chi connectivity index (χ4v) is 4.34. The average molecular weight is 451 g/mol. The van der Waals surface area contributed by atoms with Crippen LogP contribution >= 0.6 is 0 Å². The Morgan fingerprint density at radius 3 is 1.59 bits per heavy atom. The van der Waals surface area contributed by atoms with Gasteiger partial charge >= 0.3 is 5.97 Å². The first-order chi connectivity index (χ1) is 15.5. The number of hydrogen-bond acceptors (Lipinski definition) is 4. The van der Waals surface area contributed by atoms with Crippen molar-refractivity contribution in [2.75, 3.05) is 6.61 Å². The van der Waals surface area contributed by atoms with Gasteiger partial charge in [0, 0.05) is 5.56 Å². The largest absolute Gasteiger partial charge is 0.504 e. The molecule has 0 atom stereocenters. The van der Waals surface area contributed by atoms with Crippen LogP contribution in [0.3, 0.4) is 0 Å². The van der Waals surface area contributed by atoms with Crippen LogP contribution in [0, 0.1) is 0 Å². The summed E-state index contributed by atoms with van der Waals surface area (Å²) >= 11 is 0. The molecule has 5 nitrogen and oxygen atoms in total. The first kappa shape index (κ1) is 28.3. The number of carboxylic acids is 1. The monoisotopic (exact) mass is 450 g/mol. The van der Waals surface area contributed by atoms with Crippen molar-refractivity contribution >= 4 is 5.97 Å². The summed E-state index contributed by atoms with van der Waals surface area (Å²) in [6.07, 6.45) is 15.4. The Hall–Kier alpha value is -1.75. The summed E-state index contributed by atoms with van der Waals surface area (Å²) in [4.78, 5) is 23.0. The van der Waals surface area contributed by atoms with Gasteiger partial charge in [0.15, 0.2) is 5.75 Å². The average Bonchev–Trinajstić information content (AvgIpc) is 2.77. The van der Waals surface area contributed by atoms with E-state index in [0.29, 0.717) is 13.0 Å². The molecule has 0 aromatic heterocycles. The minimum atomic E-state index is -1.10. The number of rotatable bonds is 19. The van der Waals surface area contributed by atoms with E-state index in [0.717, 1.165) is 100 Å². The first-order valence-corrected chi connectivity index (χ1v) is 12.9. The second-order valence-electron chi connectivity index (χ2n) is 8.72. The predicted molar refractivity (Wildman–Crippen MR) is 131 cm³/mol. The quantitative estimate of drug-likeness (QED) is 0.128. The lowest BCUT2D eigenvalue weighted by Gasteiger charge is -2.22. The van der Waals surface area contributed by atoms with Gasteiger partial charge < -0.3 is 15.1 Å². The molecule has 0 bridgehead atoms. The van der Waals surface area contributed by atoms with Crippen molar-refractivity contribution in [2.45, 2.75) is 124 Å². The summed E-state index contributed by atoms with van der Waals surface area (Å²) in [5, 5.41) is 21.0. The Morgan fingerprint density at radius 1 is 0.688 bits per heavy atom. The third-order valence-corrected chi connectivity index (χ3v) is 6.07. The summed E-state index contributed by atoms with van der Waals surface area (Å²) in [6, 6.07) is 0. The van der Waals surface area contributed by atoms with Crippen LogP contribution in [0.5, 0.6) is 11.5 Å². The number of hydrogen-bond donors (Lipinski definition) is 2. The maximum absolute atomic E-state index is 12.2. The molecule has 0 amide bonds. The van der Waals surface area contributed by atoms with Crippen LogP contribution in [-0.4, -0.2) is 22.8 Å². The smallest absolute Gasteiger partial charge is 0.339 e. The highest BCUT2D eigenvalue weighted by molar-refractivity contribution is 5.94. The highest BCUT2D eigenvalue weighted by Gasteiger charge is 2.28. The molecule has 0 radical (unpaired) electrons. The molecule has 184 valence electrons. The fraction of sp³-hybridized carbons (Fsp3) is 0.741. The second-order valence-corrected chi connectivity index (χ2v) is 8.72. The predicted octanol–water partition coefficient (Wildman–Crippen LogP) is 7.79. The number of carboxylic acid groups (broad SMARTS) is 1. The van der Waals surface area contributed by atoms with Crippen molar-refractivity contribution in [3.8, 4) is 11.5 Å². The highest BCUT2D eigenvalue weighted by Crippen LogP contribution is 2.42. The van der Waals surface area contributed by atoms with Crippen LogP contribution in [0.2, 0.25) is 0 Å². The lowest BCUT2D eigenvalue weighted by atomic mass is 9.85. The number of unbranched alkanes of at least 4 members (excludes halogenated alkanes) is 9. The molecule has 0 saturated heterocycles. The summed E-state index contributed by atoms with van der Waals surface area (Å²) in [5.74, 6) is -1.16. The lowest BCUT2D eigenvalue weighted by molar-refractivity contribution is -0.203. The van der Waals surface area contributed by atoms with Crippen LogP contribution in [0.15, 0.2) is 0 Å². The summed E-state index contributed by atoms with van der Waals surface area (Å²) < 4.78 is 0. The van der Waals surface area contributed by atoms with E-state index in [4.69, 9.17) is 9.78 Å². The molecule has 0 aliphatic rings. The second kappa shape index (κ2) is 16.8. The van der Waals surface area contributed by atoms with Gasteiger partial charge in [-0.05, 0) is 56.6 Å². The number of aromatic hydroxyl groups is 1. The Kier molecular flexibility index (Phi) is 14.9. The van der Waals surface area contributed by atoms with E-state index in [-0.39, 0.29) is 17.1 Å². The standard InChI is InChI=1S/C27H46O5/c1-5-9-12-15-18-21-22(19-16-13-10-6-2)24(27(29)30)25(28)26(32-31-8-4)23(21)20-17-14-11-7-3/h28H,5-20H2,1-4H3,(H,29,30). The molecule has 0 heterocycles. The van der Waals surface area contributed by atoms with Crippen molar-refractivity contribution in [1.29, 1.82) is 0 Å². The summed E-state index contributed by atoms with van der Waals surface area (Å²) in [7, 11) is 0.